The molecule has 4 rings (SSSR count). The van der Waals surface area contributed by atoms with Crippen LogP contribution in [-0.2, 0) is 138 Å². The second-order valence-electron chi connectivity index (χ2n) is 19.5. The standard InChI is InChI=1S/C50H72N4O30/c1-18(55)51-35-43(74-27(10)64)40(31(78-47(35)68)14-69-22(5)59)82-49-37(53-20(3)57)45(76-29(12)66)42(33(80-49)16-71-24(7)61)84-50-38(54-21(4)58)46(77-30(13)67)41(34(81-50)17-72-25(8)62)83-48-36(52-19(2)56)44(75-28(11)65)39(73-26(9)63)32(79-48)15-70-23(6)60/h31-50,68H,14-17H2,1-13H3,(H,51,55)(H,52,56)(H,53,57)(H,54,58). The van der Waals surface area contributed by atoms with Crippen molar-refractivity contribution in [2.75, 3.05) is 26.4 Å². The molecule has 4 saturated heterocycles. The van der Waals surface area contributed by atoms with Crippen LogP contribution in [-0.4, -0.2) is 231 Å². The van der Waals surface area contributed by atoms with Gasteiger partial charge in [0.1, 0.15) is 93.3 Å². The third-order valence-electron chi connectivity index (χ3n) is 12.3. The van der Waals surface area contributed by atoms with Gasteiger partial charge in [0.2, 0.25) is 23.6 Å². The van der Waals surface area contributed by atoms with Crippen LogP contribution in [0.3, 0.4) is 0 Å². The summed E-state index contributed by atoms with van der Waals surface area (Å²) < 4.78 is 94.1. The normalized spacial score (nSPS) is 32.7. The van der Waals surface area contributed by atoms with Crippen molar-refractivity contribution < 1.29 is 143 Å². The molecule has 5 N–H and O–H groups in total. The number of aliphatic hydroxyl groups excluding tert-OH is 1. The minimum atomic E-state index is -2.05. The maximum absolute atomic E-state index is 13.4. The molecule has 34 heteroatoms. The fourth-order valence-electron chi connectivity index (χ4n) is 9.48. The van der Waals surface area contributed by atoms with E-state index >= 15 is 0 Å². The predicted octanol–water partition coefficient (Wildman–Crippen LogP) is -4.04. The van der Waals surface area contributed by atoms with Gasteiger partial charge in [0.25, 0.3) is 0 Å². The Bertz CT molecular complexity index is 2430. The Morgan fingerprint density at radius 3 is 0.762 bits per heavy atom. The predicted molar refractivity (Wildman–Crippen MR) is 266 cm³/mol. The lowest BCUT2D eigenvalue weighted by Gasteiger charge is -2.52. The number of carbonyl (C=O) groups is 13. The van der Waals surface area contributed by atoms with Crippen molar-refractivity contribution in [1.82, 2.24) is 21.3 Å². The van der Waals surface area contributed by atoms with E-state index in [9.17, 15) is 67.4 Å². The van der Waals surface area contributed by atoms with E-state index in [4.69, 9.17) is 75.8 Å². The Labute approximate surface area is 480 Å². The lowest BCUT2D eigenvalue weighted by Crippen LogP contribution is -2.72. The first-order chi connectivity index (χ1) is 39.3. The van der Waals surface area contributed by atoms with Gasteiger partial charge < -0.3 is 102 Å². The van der Waals surface area contributed by atoms with Crippen molar-refractivity contribution in [2.24, 2.45) is 0 Å². The van der Waals surface area contributed by atoms with E-state index < -0.39 is 226 Å². The van der Waals surface area contributed by atoms with E-state index in [1.54, 1.807) is 0 Å². The molecule has 4 amide bonds. The molecule has 0 saturated carbocycles. The number of ether oxygens (including phenoxy) is 16. The molecule has 84 heavy (non-hydrogen) atoms. The van der Waals surface area contributed by atoms with Crippen molar-refractivity contribution >= 4 is 77.4 Å². The molecule has 0 aliphatic carbocycles. The third-order valence-corrected chi connectivity index (χ3v) is 12.3. The molecule has 4 heterocycles. The Morgan fingerprint density at radius 2 is 0.512 bits per heavy atom. The summed E-state index contributed by atoms with van der Waals surface area (Å²) in [5, 5.41) is 21.1. The highest BCUT2D eigenvalue weighted by Gasteiger charge is 2.60. The van der Waals surface area contributed by atoms with Crippen LogP contribution in [0.25, 0.3) is 0 Å². The van der Waals surface area contributed by atoms with Crippen LogP contribution in [0.5, 0.6) is 0 Å². The summed E-state index contributed by atoms with van der Waals surface area (Å²) >= 11 is 0. The number of rotatable bonds is 23. The Kier molecular flexibility index (Phi) is 26.1. The lowest BCUT2D eigenvalue weighted by molar-refractivity contribution is -0.362. The second-order valence-corrected chi connectivity index (χ2v) is 19.5. The number of aliphatic hydroxyl groups is 1. The maximum Gasteiger partial charge on any atom is 0.303 e. The topological polar surface area (TPSA) is 438 Å². The summed E-state index contributed by atoms with van der Waals surface area (Å²) in [5.74, 6) is -11.9. The average Bonchev–Trinajstić information content (AvgIpc) is 3.21. The van der Waals surface area contributed by atoms with E-state index in [-0.39, 0.29) is 0 Å². The molecule has 4 fully saturated rings. The van der Waals surface area contributed by atoms with Gasteiger partial charge in [-0.15, -0.1) is 0 Å². The van der Waals surface area contributed by atoms with Gasteiger partial charge in [0.15, 0.2) is 55.7 Å². The Balaban J connectivity index is 1.97. The van der Waals surface area contributed by atoms with Crippen LogP contribution < -0.4 is 21.3 Å². The zero-order valence-corrected chi connectivity index (χ0v) is 48.2. The molecule has 0 aromatic heterocycles. The summed E-state index contributed by atoms with van der Waals surface area (Å²) in [6, 6.07) is -6.89. The van der Waals surface area contributed by atoms with Crippen LogP contribution in [0.4, 0.5) is 0 Å². The van der Waals surface area contributed by atoms with E-state index in [0.29, 0.717) is 0 Å². The van der Waals surface area contributed by atoms with Crippen LogP contribution in [0, 0.1) is 0 Å². The molecule has 0 radical (unpaired) electrons. The zero-order chi connectivity index (χ0) is 63.0. The van der Waals surface area contributed by atoms with E-state index in [0.717, 1.165) is 90.0 Å². The molecule has 0 spiro atoms. The van der Waals surface area contributed by atoms with Crippen molar-refractivity contribution in [1.29, 1.82) is 0 Å². The molecular formula is C50H72N4O30. The summed E-state index contributed by atoms with van der Waals surface area (Å²) in [6.45, 7) is 10.0. The SMILES string of the molecule is CC(=O)NC1C(O)OC(COC(C)=O)C(OC2OC(COC(C)=O)C(OC3OC(COC(C)=O)C(OC4OC(COC(C)=O)C(OC(C)=O)C(OC(C)=O)C4NC(C)=O)C(OC(C)=O)C3NC(C)=O)C(OC(C)=O)C2NC(C)=O)C1OC(C)=O. The first-order valence-corrected chi connectivity index (χ1v) is 26.0. The number of nitrogens with one attached hydrogen (secondary N) is 4. The number of hydrogen-bond acceptors (Lipinski definition) is 30. The van der Waals surface area contributed by atoms with Gasteiger partial charge in [0.05, 0.1) is 0 Å². The second kappa shape index (κ2) is 31.6. The lowest BCUT2D eigenvalue weighted by atomic mass is 9.92. The van der Waals surface area contributed by atoms with Gasteiger partial charge >= 0.3 is 53.7 Å². The fraction of sp³-hybridized carbons (Fsp3) is 0.740. The summed E-state index contributed by atoms with van der Waals surface area (Å²) in [6.07, 6.45) is -29.0. The highest BCUT2D eigenvalue weighted by molar-refractivity contribution is 5.76. The Morgan fingerprint density at radius 1 is 0.298 bits per heavy atom. The molecule has 0 bridgehead atoms. The molecule has 472 valence electrons. The first kappa shape index (κ1) is 69.3. The molecule has 0 aromatic rings. The third kappa shape index (κ3) is 20.5. The fourth-order valence-corrected chi connectivity index (χ4v) is 9.48. The van der Waals surface area contributed by atoms with Crippen molar-refractivity contribution in [3.05, 3.63) is 0 Å². The molecular weight excluding hydrogens is 1140 g/mol. The number of hydrogen-bond donors (Lipinski definition) is 5. The van der Waals surface area contributed by atoms with Crippen molar-refractivity contribution in [3.63, 3.8) is 0 Å². The van der Waals surface area contributed by atoms with Crippen LogP contribution in [0.15, 0.2) is 0 Å². The van der Waals surface area contributed by atoms with Gasteiger partial charge in [-0.25, -0.2) is 0 Å². The van der Waals surface area contributed by atoms with Gasteiger partial charge in [-0.3, -0.25) is 62.3 Å². The van der Waals surface area contributed by atoms with Crippen molar-refractivity contribution in [2.45, 2.75) is 213 Å². The van der Waals surface area contributed by atoms with Crippen LogP contribution in [0.1, 0.15) is 90.0 Å². The van der Waals surface area contributed by atoms with Gasteiger partial charge in [-0.05, 0) is 0 Å². The molecule has 20 atom stereocenters. The van der Waals surface area contributed by atoms with Gasteiger partial charge in [0, 0.05) is 90.0 Å². The number of carbonyl (C=O) groups excluding carboxylic acids is 13. The van der Waals surface area contributed by atoms with Gasteiger partial charge in [-0.2, -0.15) is 0 Å². The quantitative estimate of drug-likeness (QED) is 0.0480. The zero-order valence-electron chi connectivity index (χ0n) is 48.2. The largest absolute Gasteiger partial charge is 0.463 e. The molecule has 0 aromatic carbocycles. The van der Waals surface area contributed by atoms with E-state index in [1.165, 1.54) is 0 Å². The summed E-state index contributed by atoms with van der Waals surface area (Å²) in [4.78, 5) is 166. The summed E-state index contributed by atoms with van der Waals surface area (Å²) in [7, 11) is 0. The first-order valence-electron chi connectivity index (χ1n) is 26.0. The smallest absolute Gasteiger partial charge is 0.303 e. The van der Waals surface area contributed by atoms with E-state index in [2.05, 4.69) is 21.3 Å². The minimum absolute atomic E-state index is 0.697. The minimum Gasteiger partial charge on any atom is -0.463 e. The van der Waals surface area contributed by atoms with Crippen LogP contribution >= 0.6 is 0 Å². The Hall–Kier alpha value is -7.21. The molecule has 34 nitrogen and oxygen atoms in total. The molecule has 4 aliphatic heterocycles. The highest BCUT2D eigenvalue weighted by Crippen LogP contribution is 2.38. The van der Waals surface area contributed by atoms with Crippen molar-refractivity contribution in [3.8, 4) is 0 Å². The monoisotopic (exact) mass is 1210 g/mol. The van der Waals surface area contributed by atoms with E-state index in [1.807, 2.05) is 0 Å². The maximum atomic E-state index is 13.4. The van der Waals surface area contributed by atoms with Crippen LogP contribution in [0.2, 0.25) is 0 Å². The number of amides is 4. The summed E-state index contributed by atoms with van der Waals surface area (Å²) in [5.41, 5.74) is 0. The molecule has 20 unspecified atom stereocenters. The van der Waals surface area contributed by atoms with Gasteiger partial charge in [-0.1, -0.05) is 0 Å². The highest BCUT2D eigenvalue weighted by atomic mass is 16.8. The molecule has 4 aliphatic rings. The average molecular weight is 1210 g/mol. The number of esters is 9.